The van der Waals surface area contributed by atoms with Gasteiger partial charge in [-0.25, -0.2) is 4.68 Å². The molecule has 0 radical (unpaired) electrons. The van der Waals surface area contributed by atoms with E-state index in [9.17, 15) is 9.59 Å². The van der Waals surface area contributed by atoms with Crippen LogP contribution >= 0.6 is 23.4 Å². The number of benzene rings is 2. The van der Waals surface area contributed by atoms with Gasteiger partial charge in [-0.1, -0.05) is 29.8 Å². The van der Waals surface area contributed by atoms with Crippen molar-refractivity contribution in [3.05, 3.63) is 75.7 Å². The zero-order chi connectivity index (χ0) is 20.1. The number of anilines is 1. The molecule has 0 atom stereocenters. The molecule has 1 aromatic heterocycles. The highest BCUT2D eigenvalue weighted by Crippen LogP contribution is 2.21. The van der Waals surface area contributed by atoms with Crippen LogP contribution in [0.3, 0.4) is 0 Å². The quantitative estimate of drug-likeness (QED) is 0.451. The van der Waals surface area contributed by atoms with Gasteiger partial charge in [-0.15, -0.1) is 11.8 Å². The predicted octanol–water partition coefficient (Wildman–Crippen LogP) is 4.65. The number of aromatic nitrogens is 2. The second-order valence-electron chi connectivity index (χ2n) is 6.39. The zero-order valence-corrected chi connectivity index (χ0v) is 17.4. The van der Waals surface area contributed by atoms with Crippen molar-refractivity contribution in [2.24, 2.45) is 7.05 Å². The molecule has 7 heteroatoms. The molecule has 5 nitrogen and oxygen atoms in total. The van der Waals surface area contributed by atoms with E-state index in [-0.39, 0.29) is 11.5 Å². The molecule has 0 bridgehead atoms. The SMILES string of the molecule is Cc1c(NC(=O)CCCSc2ccc(Cl)cc2)c(=O)n(-c2ccccc2)n1C. The number of carbonyl (C=O) groups excluding carboxylic acids is 1. The van der Waals surface area contributed by atoms with Crippen molar-refractivity contribution < 1.29 is 4.79 Å². The Morgan fingerprint density at radius 2 is 1.79 bits per heavy atom. The molecule has 1 amide bonds. The van der Waals surface area contributed by atoms with Crippen molar-refractivity contribution in [2.45, 2.75) is 24.7 Å². The van der Waals surface area contributed by atoms with Gasteiger partial charge in [0.15, 0.2) is 0 Å². The number of thioether (sulfide) groups is 1. The number of nitrogens with one attached hydrogen (secondary N) is 1. The van der Waals surface area contributed by atoms with E-state index in [1.54, 1.807) is 21.1 Å². The molecule has 1 heterocycles. The monoisotopic (exact) mass is 415 g/mol. The number of nitrogens with zero attached hydrogens (tertiary/aromatic N) is 2. The third-order valence-electron chi connectivity index (χ3n) is 4.45. The first-order valence-corrected chi connectivity index (χ1v) is 10.4. The smallest absolute Gasteiger partial charge is 0.295 e. The number of halogens is 1. The van der Waals surface area contributed by atoms with Crippen molar-refractivity contribution in [2.75, 3.05) is 11.1 Å². The Morgan fingerprint density at radius 1 is 1.11 bits per heavy atom. The minimum absolute atomic E-state index is 0.150. The molecule has 0 unspecified atom stereocenters. The molecule has 3 rings (SSSR count). The molecule has 0 saturated carbocycles. The van der Waals surface area contributed by atoms with E-state index < -0.39 is 0 Å². The van der Waals surface area contributed by atoms with Crippen molar-refractivity contribution in [1.29, 1.82) is 0 Å². The summed E-state index contributed by atoms with van der Waals surface area (Å²) >= 11 is 7.56. The lowest BCUT2D eigenvalue weighted by Gasteiger charge is -2.07. The largest absolute Gasteiger partial charge is 0.320 e. The number of amides is 1. The Hall–Kier alpha value is -2.44. The topological polar surface area (TPSA) is 56.0 Å². The Labute approximate surface area is 173 Å². The number of carbonyl (C=O) groups is 1. The zero-order valence-electron chi connectivity index (χ0n) is 15.8. The first-order valence-electron chi connectivity index (χ1n) is 8.99. The van der Waals surface area contributed by atoms with Crippen LogP contribution in [-0.4, -0.2) is 21.0 Å². The predicted molar refractivity (Wildman–Crippen MR) is 116 cm³/mol. The average molecular weight is 416 g/mol. The van der Waals surface area contributed by atoms with E-state index in [1.807, 2.05) is 68.6 Å². The number of rotatable bonds is 7. The van der Waals surface area contributed by atoms with Crippen LogP contribution in [0.25, 0.3) is 5.69 Å². The lowest BCUT2D eigenvalue weighted by Crippen LogP contribution is -2.22. The van der Waals surface area contributed by atoms with Crippen LogP contribution in [0.2, 0.25) is 5.02 Å². The second-order valence-corrected chi connectivity index (χ2v) is 8.00. The van der Waals surface area contributed by atoms with Crippen LogP contribution in [-0.2, 0) is 11.8 Å². The van der Waals surface area contributed by atoms with E-state index in [4.69, 9.17) is 11.6 Å². The van der Waals surface area contributed by atoms with Gasteiger partial charge in [-0.2, -0.15) is 0 Å². The second kappa shape index (κ2) is 9.17. The van der Waals surface area contributed by atoms with Crippen LogP contribution in [0, 0.1) is 6.92 Å². The van der Waals surface area contributed by atoms with Gasteiger partial charge in [0.2, 0.25) is 5.91 Å². The summed E-state index contributed by atoms with van der Waals surface area (Å²) in [7, 11) is 1.81. The van der Waals surface area contributed by atoms with E-state index in [0.717, 1.165) is 28.5 Å². The lowest BCUT2D eigenvalue weighted by atomic mass is 10.3. The summed E-state index contributed by atoms with van der Waals surface area (Å²) in [5.74, 6) is 0.666. The summed E-state index contributed by atoms with van der Waals surface area (Å²) in [6.45, 7) is 1.83. The average Bonchev–Trinajstić information content (AvgIpc) is 2.90. The molecular weight excluding hydrogens is 394 g/mol. The summed E-state index contributed by atoms with van der Waals surface area (Å²) in [6.07, 6.45) is 1.08. The van der Waals surface area contributed by atoms with Crippen LogP contribution < -0.4 is 10.9 Å². The first kappa shape index (κ1) is 20.3. The number of para-hydroxylation sites is 1. The van der Waals surface area contributed by atoms with E-state index >= 15 is 0 Å². The minimum Gasteiger partial charge on any atom is -0.320 e. The fourth-order valence-corrected chi connectivity index (χ4v) is 3.85. The normalized spacial score (nSPS) is 10.8. The van der Waals surface area contributed by atoms with Crippen LogP contribution in [0.15, 0.2) is 64.3 Å². The van der Waals surface area contributed by atoms with Gasteiger partial charge in [0.1, 0.15) is 5.69 Å². The Bertz CT molecular complexity index is 1010. The maximum atomic E-state index is 12.8. The fraction of sp³-hybridized carbons (Fsp3) is 0.238. The molecule has 0 fully saturated rings. The molecule has 1 N–H and O–H groups in total. The Morgan fingerprint density at radius 3 is 2.46 bits per heavy atom. The minimum atomic E-state index is -0.227. The molecule has 0 aliphatic carbocycles. The van der Waals surface area contributed by atoms with Gasteiger partial charge in [0, 0.05) is 23.4 Å². The van der Waals surface area contributed by atoms with Gasteiger partial charge in [0.05, 0.1) is 11.4 Å². The third-order valence-corrected chi connectivity index (χ3v) is 5.80. The summed E-state index contributed by atoms with van der Waals surface area (Å²) < 4.78 is 3.31. The van der Waals surface area contributed by atoms with E-state index in [2.05, 4.69) is 5.32 Å². The van der Waals surface area contributed by atoms with Crippen molar-refractivity contribution in [3.8, 4) is 5.69 Å². The van der Waals surface area contributed by atoms with Gasteiger partial charge >= 0.3 is 0 Å². The van der Waals surface area contributed by atoms with Gasteiger partial charge < -0.3 is 5.32 Å². The van der Waals surface area contributed by atoms with Gasteiger partial charge in [0.25, 0.3) is 5.56 Å². The standard InChI is InChI=1S/C21H22ClN3O2S/c1-15-20(21(27)25(24(15)2)17-7-4-3-5-8-17)23-19(26)9-6-14-28-18-12-10-16(22)11-13-18/h3-5,7-8,10-13H,6,9,14H2,1-2H3,(H,23,26). The van der Waals surface area contributed by atoms with Crippen molar-refractivity contribution >= 4 is 35.0 Å². The number of hydrogen-bond acceptors (Lipinski definition) is 3. The first-order chi connectivity index (χ1) is 13.5. The van der Waals surface area contributed by atoms with Crippen LogP contribution in [0.4, 0.5) is 5.69 Å². The van der Waals surface area contributed by atoms with Gasteiger partial charge in [-0.05, 0) is 55.5 Å². The molecule has 28 heavy (non-hydrogen) atoms. The summed E-state index contributed by atoms with van der Waals surface area (Å²) in [5, 5.41) is 3.51. The molecule has 2 aromatic carbocycles. The van der Waals surface area contributed by atoms with Gasteiger partial charge in [-0.3, -0.25) is 14.3 Å². The van der Waals surface area contributed by atoms with E-state index in [0.29, 0.717) is 17.1 Å². The highest BCUT2D eigenvalue weighted by molar-refractivity contribution is 7.99. The van der Waals surface area contributed by atoms with Crippen LogP contribution in [0.5, 0.6) is 0 Å². The molecule has 0 spiro atoms. The lowest BCUT2D eigenvalue weighted by molar-refractivity contribution is -0.116. The third kappa shape index (κ3) is 4.69. The summed E-state index contributed by atoms with van der Waals surface area (Å²) in [4.78, 5) is 26.3. The summed E-state index contributed by atoms with van der Waals surface area (Å²) in [6, 6.07) is 17.0. The molecule has 0 saturated heterocycles. The Kier molecular flexibility index (Phi) is 6.65. The maximum Gasteiger partial charge on any atom is 0.295 e. The fourth-order valence-electron chi connectivity index (χ4n) is 2.87. The maximum absolute atomic E-state index is 12.8. The molecule has 0 aliphatic heterocycles. The van der Waals surface area contributed by atoms with Crippen molar-refractivity contribution in [3.63, 3.8) is 0 Å². The number of hydrogen-bond donors (Lipinski definition) is 1. The van der Waals surface area contributed by atoms with Crippen LogP contribution in [0.1, 0.15) is 18.5 Å². The highest BCUT2D eigenvalue weighted by Gasteiger charge is 2.17. The highest BCUT2D eigenvalue weighted by atomic mass is 35.5. The van der Waals surface area contributed by atoms with Crippen molar-refractivity contribution in [1.82, 2.24) is 9.36 Å². The van der Waals surface area contributed by atoms with E-state index in [1.165, 1.54) is 0 Å². The summed E-state index contributed by atoms with van der Waals surface area (Å²) in [5.41, 5.74) is 1.59. The molecule has 146 valence electrons. The molecule has 0 aliphatic rings. The molecule has 3 aromatic rings. The molecular formula is C21H22ClN3O2S. The Balaban J connectivity index is 1.60.